The molecule has 0 spiro atoms. The number of benzene rings is 1. The monoisotopic (exact) mass is 321 g/mol. The first-order valence-corrected chi connectivity index (χ1v) is 7.63. The van der Waals surface area contributed by atoms with Gasteiger partial charge in [0.25, 0.3) is 5.91 Å². The number of hydrogen-bond acceptors (Lipinski definition) is 5. The van der Waals surface area contributed by atoms with Gasteiger partial charge in [0, 0.05) is 17.5 Å². The standard InChI is InChI=1S/C16H19NO4S/c1-17(10-12(18)15-5-4-8-22-15)16(19)11-6-7-13(20-2)14(9-11)21-3/h4-9,12,18H,10H2,1-3H3. The summed E-state index contributed by atoms with van der Waals surface area (Å²) >= 11 is 1.47. The van der Waals surface area contributed by atoms with Gasteiger partial charge in [-0.1, -0.05) is 6.07 Å². The van der Waals surface area contributed by atoms with Crippen molar-refractivity contribution in [1.29, 1.82) is 0 Å². The Hall–Kier alpha value is -2.05. The molecule has 1 aromatic heterocycles. The maximum atomic E-state index is 12.4. The minimum Gasteiger partial charge on any atom is -0.493 e. The van der Waals surface area contributed by atoms with Gasteiger partial charge in [-0.25, -0.2) is 0 Å². The second-order valence-corrected chi connectivity index (χ2v) is 5.77. The molecule has 2 rings (SSSR count). The maximum absolute atomic E-state index is 12.4. The lowest BCUT2D eigenvalue weighted by atomic mass is 10.1. The average molecular weight is 321 g/mol. The number of likely N-dealkylation sites (N-methyl/N-ethyl adjacent to an activating group) is 1. The molecule has 5 nitrogen and oxygen atoms in total. The predicted molar refractivity (Wildman–Crippen MR) is 85.8 cm³/mol. The molecular weight excluding hydrogens is 302 g/mol. The molecule has 0 saturated carbocycles. The molecule has 1 heterocycles. The summed E-state index contributed by atoms with van der Waals surface area (Å²) in [5.74, 6) is 0.887. The summed E-state index contributed by atoms with van der Waals surface area (Å²) in [6, 6.07) is 8.73. The van der Waals surface area contributed by atoms with Crippen LogP contribution in [-0.4, -0.2) is 43.7 Å². The molecule has 0 saturated heterocycles. The summed E-state index contributed by atoms with van der Waals surface area (Å²) in [5, 5.41) is 12.0. The Bertz CT molecular complexity index is 627. The number of thiophene rings is 1. The van der Waals surface area contributed by atoms with Gasteiger partial charge in [-0.2, -0.15) is 0 Å². The van der Waals surface area contributed by atoms with E-state index in [1.165, 1.54) is 23.3 Å². The minimum atomic E-state index is -0.686. The molecule has 1 atom stereocenters. The Morgan fingerprint density at radius 3 is 2.59 bits per heavy atom. The molecule has 0 aliphatic rings. The van der Waals surface area contributed by atoms with E-state index in [2.05, 4.69) is 0 Å². The van der Waals surface area contributed by atoms with Gasteiger partial charge in [-0.3, -0.25) is 4.79 Å². The Morgan fingerprint density at radius 1 is 1.27 bits per heavy atom. The largest absolute Gasteiger partial charge is 0.493 e. The molecule has 0 aliphatic heterocycles. The first kappa shape index (κ1) is 16.3. The summed E-state index contributed by atoms with van der Waals surface area (Å²) in [6.07, 6.45) is -0.686. The molecule has 1 amide bonds. The molecule has 118 valence electrons. The van der Waals surface area contributed by atoms with Crippen molar-refractivity contribution in [1.82, 2.24) is 4.90 Å². The fraction of sp³-hybridized carbons (Fsp3) is 0.312. The zero-order chi connectivity index (χ0) is 16.1. The smallest absolute Gasteiger partial charge is 0.253 e. The molecule has 1 aromatic carbocycles. The van der Waals surface area contributed by atoms with Crippen LogP contribution in [0.15, 0.2) is 35.7 Å². The lowest BCUT2D eigenvalue weighted by molar-refractivity contribution is 0.0685. The quantitative estimate of drug-likeness (QED) is 0.888. The number of carbonyl (C=O) groups excluding carboxylic acids is 1. The molecule has 0 bridgehead atoms. The third-order valence-corrected chi connectivity index (χ3v) is 4.27. The number of aliphatic hydroxyl groups excluding tert-OH is 1. The Kier molecular flexibility index (Phi) is 5.41. The fourth-order valence-corrected chi connectivity index (χ4v) is 2.81. The van der Waals surface area contributed by atoms with Crippen molar-refractivity contribution in [2.75, 3.05) is 27.8 Å². The predicted octanol–water partition coefficient (Wildman–Crippen LogP) is 2.57. The van der Waals surface area contributed by atoms with Crippen molar-refractivity contribution in [2.24, 2.45) is 0 Å². The number of ether oxygens (including phenoxy) is 2. The highest BCUT2D eigenvalue weighted by molar-refractivity contribution is 7.10. The van der Waals surface area contributed by atoms with Gasteiger partial charge in [0.15, 0.2) is 11.5 Å². The van der Waals surface area contributed by atoms with Crippen LogP contribution in [0.5, 0.6) is 11.5 Å². The third kappa shape index (κ3) is 3.58. The molecule has 6 heteroatoms. The van der Waals surface area contributed by atoms with Gasteiger partial charge in [0.2, 0.25) is 0 Å². The molecule has 0 fully saturated rings. The molecular formula is C16H19NO4S. The minimum absolute atomic E-state index is 0.184. The number of nitrogens with zero attached hydrogens (tertiary/aromatic N) is 1. The van der Waals surface area contributed by atoms with E-state index < -0.39 is 6.10 Å². The van der Waals surface area contributed by atoms with Crippen LogP contribution < -0.4 is 9.47 Å². The third-order valence-electron chi connectivity index (χ3n) is 3.30. The number of methoxy groups -OCH3 is 2. The highest BCUT2D eigenvalue weighted by Crippen LogP contribution is 2.28. The van der Waals surface area contributed by atoms with Crippen molar-refractivity contribution < 1.29 is 19.4 Å². The zero-order valence-corrected chi connectivity index (χ0v) is 13.6. The lowest BCUT2D eigenvalue weighted by Gasteiger charge is -2.21. The van der Waals surface area contributed by atoms with E-state index in [0.29, 0.717) is 17.1 Å². The topological polar surface area (TPSA) is 59.0 Å². The highest BCUT2D eigenvalue weighted by Gasteiger charge is 2.18. The van der Waals surface area contributed by atoms with Gasteiger partial charge >= 0.3 is 0 Å². The van der Waals surface area contributed by atoms with E-state index in [9.17, 15) is 9.90 Å². The number of carbonyl (C=O) groups is 1. The van der Waals surface area contributed by atoms with Crippen LogP contribution >= 0.6 is 11.3 Å². The number of aliphatic hydroxyl groups is 1. The van der Waals surface area contributed by atoms with E-state index in [-0.39, 0.29) is 12.5 Å². The number of hydrogen-bond donors (Lipinski definition) is 1. The van der Waals surface area contributed by atoms with E-state index in [4.69, 9.17) is 9.47 Å². The van der Waals surface area contributed by atoms with Crippen LogP contribution in [0.1, 0.15) is 21.3 Å². The molecule has 1 N–H and O–H groups in total. The first-order chi connectivity index (χ1) is 10.6. The van der Waals surface area contributed by atoms with Gasteiger partial charge in [0.05, 0.1) is 20.8 Å². The second kappa shape index (κ2) is 7.29. The van der Waals surface area contributed by atoms with Crippen LogP contribution in [0, 0.1) is 0 Å². The van der Waals surface area contributed by atoms with Crippen LogP contribution in [-0.2, 0) is 0 Å². The van der Waals surface area contributed by atoms with Crippen molar-refractivity contribution in [3.05, 3.63) is 46.2 Å². The Labute approximate surface area is 133 Å². The van der Waals surface area contributed by atoms with Gasteiger partial charge < -0.3 is 19.5 Å². The average Bonchev–Trinajstić information content (AvgIpc) is 3.07. The van der Waals surface area contributed by atoms with E-state index in [1.54, 1.807) is 32.4 Å². The first-order valence-electron chi connectivity index (χ1n) is 6.75. The Morgan fingerprint density at radius 2 is 2.00 bits per heavy atom. The molecule has 22 heavy (non-hydrogen) atoms. The zero-order valence-electron chi connectivity index (χ0n) is 12.8. The highest BCUT2D eigenvalue weighted by atomic mass is 32.1. The normalized spacial score (nSPS) is 11.8. The van der Waals surface area contributed by atoms with Crippen molar-refractivity contribution >= 4 is 17.2 Å². The molecule has 0 radical (unpaired) electrons. The summed E-state index contributed by atoms with van der Waals surface area (Å²) in [7, 11) is 4.73. The van der Waals surface area contributed by atoms with Gasteiger partial charge in [-0.15, -0.1) is 11.3 Å². The van der Waals surface area contributed by atoms with Gasteiger partial charge in [0.1, 0.15) is 6.10 Å². The van der Waals surface area contributed by atoms with E-state index in [0.717, 1.165) is 4.88 Å². The van der Waals surface area contributed by atoms with Crippen LogP contribution in [0.4, 0.5) is 0 Å². The van der Waals surface area contributed by atoms with Crippen molar-refractivity contribution in [3.8, 4) is 11.5 Å². The van der Waals surface area contributed by atoms with E-state index >= 15 is 0 Å². The van der Waals surface area contributed by atoms with E-state index in [1.807, 2.05) is 17.5 Å². The summed E-state index contributed by atoms with van der Waals surface area (Å²) in [6.45, 7) is 0.230. The Balaban J connectivity index is 2.10. The van der Waals surface area contributed by atoms with Crippen molar-refractivity contribution in [2.45, 2.75) is 6.10 Å². The summed E-state index contributed by atoms with van der Waals surface area (Å²) < 4.78 is 10.4. The number of rotatable bonds is 6. The number of amides is 1. The van der Waals surface area contributed by atoms with Gasteiger partial charge in [-0.05, 0) is 29.6 Å². The molecule has 0 aliphatic carbocycles. The van der Waals surface area contributed by atoms with Crippen LogP contribution in [0.25, 0.3) is 0 Å². The lowest BCUT2D eigenvalue weighted by Crippen LogP contribution is -2.30. The molecule has 1 unspecified atom stereocenters. The SMILES string of the molecule is COc1ccc(C(=O)N(C)CC(O)c2cccs2)cc1OC. The van der Waals surface area contributed by atoms with Crippen molar-refractivity contribution in [3.63, 3.8) is 0 Å². The second-order valence-electron chi connectivity index (χ2n) is 4.79. The van der Waals surface area contributed by atoms with Crippen LogP contribution in [0.2, 0.25) is 0 Å². The summed E-state index contributed by atoms with van der Waals surface area (Å²) in [4.78, 5) is 14.8. The van der Waals surface area contributed by atoms with Crippen LogP contribution in [0.3, 0.4) is 0 Å². The molecule has 2 aromatic rings. The maximum Gasteiger partial charge on any atom is 0.253 e. The summed E-state index contributed by atoms with van der Waals surface area (Å²) in [5.41, 5.74) is 0.485. The fourth-order valence-electron chi connectivity index (χ4n) is 2.10.